The molecule has 1 aromatic rings. The van der Waals surface area contributed by atoms with E-state index < -0.39 is 0 Å². The molecule has 0 amide bonds. The lowest BCUT2D eigenvalue weighted by Gasteiger charge is -2.03. The zero-order valence-corrected chi connectivity index (χ0v) is 12.6. The van der Waals surface area contributed by atoms with Gasteiger partial charge in [0, 0.05) is 24.6 Å². The zero-order valence-electron chi connectivity index (χ0n) is 11.8. The molecular formula is C13H22N2O3S. The fourth-order valence-electron chi connectivity index (χ4n) is 1.48. The van der Waals surface area contributed by atoms with Crippen LogP contribution in [-0.4, -0.2) is 37.3 Å². The molecule has 1 aromatic heterocycles. The highest BCUT2D eigenvalue weighted by molar-refractivity contribution is 7.15. The van der Waals surface area contributed by atoms with Gasteiger partial charge in [-0.15, -0.1) is 11.3 Å². The maximum atomic E-state index is 11.6. The molecule has 19 heavy (non-hydrogen) atoms. The first-order valence-corrected chi connectivity index (χ1v) is 7.46. The molecule has 0 bridgehead atoms. The summed E-state index contributed by atoms with van der Waals surface area (Å²) in [5.41, 5.74) is 0.414. The van der Waals surface area contributed by atoms with E-state index in [1.807, 2.05) is 6.92 Å². The second-order valence-corrected chi connectivity index (χ2v) is 5.24. The number of anilines is 1. The van der Waals surface area contributed by atoms with Gasteiger partial charge in [-0.1, -0.05) is 6.92 Å². The average molecular weight is 286 g/mol. The van der Waals surface area contributed by atoms with Crippen molar-refractivity contribution in [2.75, 3.05) is 31.7 Å². The molecule has 5 nitrogen and oxygen atoms in total. The highest BCUT2D eigenvalue weighted by atomic mass is 32.1. The van der Waals surface area contributed by atoms with E-state index >= 15 is 0 Å². The molecule has 0 spiro atoms. The van der Waals surface area contributed by atoms with E-state index in [2.05, 4.69) is 17.2 Å². The summed E-state index contributed by atoms with van der Waals surface area (Å²) in [6, 6.07) is 0. The van der Waals surface area contributed by atoms with Gasteiger partial charge < -0.3 is 14.8 Å². The number of carbonyl (C=O) groups is 1. The van der Waals surface area contributed by atoms with Gasteiger partial charge in [0.15, 0.2) is 10.8 Å². The molecule has 0 radical (unpaired) electrons. The van der Waals surface area contributed by atoms with Crippen molar-refractivity contribution >= 4 is 22.4 Å². The minimum Gasteiger partial charge on any atom is -0.461 e. The van der Waals surface area contributed by atoms with Gasteiger partial charge in [-0.25, -0.2) is 9.78 Å². The summed E-state index contributed by atoms with van der Waals surface area (Å²) in [6.45, 7) is 8.47. The van der Waals surface area contributed by atoms with Crippen molar-refractivity contribution in [3.63, 3.8) is 0 Å². The molecule has 0 fully saturated rings. The maximum Gasteiger partial charge on any atom is 0.358 e. The van der Waals surface area contributed by atoms with Crippen LogP contribution in [0.2, 0.25) is 0 Å². The quantitative estimate of drug-likeness (QED) is 0.559. The molecule has 0 unspecified atom stereocenters. The molecule has 0 aliphatic carbocycles. The minimum absolute atomic E-state index is 0.351. The Morgan fingerprint density at radius 2 is 2.16 bits per heavy atom. The Labute approximate surface area is 118 Å². The van der Waals surface area contributed by atoms with Gasteiger partial charge in [-0.2, -0.15) is 0 Å². The van der Waals surface area contributed by atoms with Gasteiger partial charge >= 0.3 is 5.97 Å². The lowest BCUT2D eigenvalue weighted by Crippen LogP contribution is -2.08. The number of nitrogens with zero attached hydrogens (tertiary/aromatic N) is 1. The van der Waals surface area contributed by atoms with E-state index in [0.29, 0.717) is 12.3 Å². The number of aromatic nitrogens is 1. The highest BCUT2D eigenvalue weighted by Gasteiger charge is 2.15. The molecule has 6 heteroatoms. The van der Waals surface area contributed by atoms with Crippen molar-refractivity contribution in [1.29, 1.82) is 0 Å². The molecule has 0 saturated heterocycles. The third kappa shape index (κ3) is 5.57. The first-order valence-electron chi connectivity index (χ1n) is 6.65. The monoisotopic (exact) mass is 286 g/mol. The Morgan fingerprint density at radius 1 is 1.37 bits per heavy atom. The van der Waals surface area contributed by atoms with Gasteiger partial charge in [-0.3, -0.25) is 0 Å². The molecule has 108 valence electrons. The molecule has 1 N–H and O–H groups in total. The first-order chi connectivity index (χ1) is 9.19. The van der Waals surface area contributed by atoms with Crippen molar-refractivity contribution in [3.8, 4) is 0 Å². The molecular weight excluding hydrogens is 264 g/mol. The summed E-state index contributed by atoms with van der Waals surface area (Å²) in [5, 5.41) is 3.96. The van der Waals surface area contributed by atoms with E-state index in [-0.39, 0.29) is 5.97 Å². The number of ether oxygens (including phenoxy) is 2. The van der Waals surface area contributed by atoms with Gasteiger partial charge in [0.1, 0.15) is 0 Å². The molecule has 0 saturated carbocycles. The van der Waals surface area contributed by atoms with E-state index in [4.69, 9.17) is 9.47 Å². The Balaban J connectivity index is 2.35. The van der Waals surface area contributed by atoms with Crippen LogP contribution in [-0.2, 0) is 9.47 Å². The predicted octanol–water partition coefficient (Wildman–Crippen LogP) is 2.86. The lowest BCUT2D eigenvalue weighted by molar-refractivity contribution is 0.0519. The van der Waals surface area contributed by atoms with Crippen molar-refractivity contribution in [2.24, 2.45) is 0 Å². The van der Waals surface area contributed by atoms with Crippen LogP contribution in [0.5, 0.6) is 0 Å². The van der Waals surface area contributed by atoms with Crippen molar-refractivity contribution in [2.45, 2.75) is 33.6 Å². The largest absolute Gasteiger partial charge is 0.461 e. The number of thiazole rings is 1. The van der Waals surface area contributed by atoms with Crippen molar-refractivity contribution < 1.29 is 14.3 Å². The lowest BCUT2D eigenvalue weighted by atomic mass is 10.4. The third-order valence-corrected chi connectivity index (χ3v) is 3.28. The fraction of sp³-hybridized carbons (Fsp3) is 0.692. The number of carbonyl (C=O) groups excluding carboxylic acids is 1. The molecule has 0 atom stereocenters. The molecule has 1 heterocycles. The predicted molar refractivity (Wildman–Crippen MR) is 77.0 cm³/mol. The second kappa shape index (κ2) is 8.87. The van der Waals surface area contributed by atoms with Crippen molar-refractivity contribution in [3.05, 3.63) is 10.6 Å². The zero-order chi connectivity index (χ0) is 14.1. The third-order valence-electron chi connectivity index (χ3n) is 2.36. The summed E-state index contributed by atoms with van der Waals surface area (Å²) in [5.74, 6) is -0.351. The van der Waals surface area contributed by atoms with E-state index in [0.717, 1.165) is 42.6 Å². The number of nitrogens with one attached hydrogen (secondary N) is 1. The fourth-order valence-corrected chi connectivity index (χ4v) is 2.30. The van der Waals surface area contributed by atoms with Crippen LogP contribution < -0.4 is 5.32 Å². The number of aryl methyl sites for hydroxylation is 1. The van der Waals surface area contributed by atoms with Crippen LogP contribution in [0.4, 0.5) is 5.13 Å². The van der Waals surface area contributed by atoms with E-state index in [1.54, 1.807) is 6.92 Å². The minimum atomic E-state index is -0.351. The number of hydrogen-bond acceptors (Lipinski definition) is 6. The van der Waals surface area contributed by atoms with Crippen LogP contribution in [0.25, 0.3) is 0 Å². The van der Waals surface area contributed by atoms with E-state index in [9.17, 15) is 4.79 Å². The van der Waals surface area contributed by atoms with E-state index in [1.165, 1.54) is 11.3 Å². The molecule has 0 aliphatic heterocycles. The Kier molecular flexibility index (Phi) is 7.43. The summed E-state index contributed by atoms with van der Waals surface area (Å²) in [6.07, 6.45) is 1.97. The Hall–Kier alpha value is -1.14. The summed E-state index contributed by atoms with van der Waals surface area (Å²) < 4.78 is 10.3. The highest BCUT2D eigenvalue weighted by Crippen LogP contribution is 2.22. The van der Waals surface area contributed by atoms with Gasteiger partial charge in [0.2, 0.25) is 0 Å². The standard InChI is InChI=1S/C13H22N2O3S/c1-4-8-17-9-6-7-14-13-15-11(10(3)19-13)12(16)18-5-2/h4-9H2,1-3H3,(H,14,15). The summed E-state index contributed by atoms with van der Waals surface area (Å²) >= 11 is 1.47. The Bertz CT molecular complexity index is 393. The van der Waals surface area contributed by atoms with Crippen LogP contribution in [0.3, 0.4) is 0 Å². The summed E-state index contributed by atoms with van der Waals surface area (Å²) in [7, 11) is 0. The Morgan fingerprint density at radius 3 is 2.84 bits per heavy atom. The molecule has 0 aromatic carbocycles. The average Bonchev–Trinajstić information content (AvgIpc) is 2.75. The van der Waals surface area contributed by atoms with Gasteiger partial charge in [0.05, 0.1) is 6.61 Å². The maximum absolute atomic E-state index is 11.6. The van der Waals surface area contributed by atoms with Crippen LogP contribution in [0.1, 0.15) is 42.1 Å². The smallest absolute Gasteiger partial charge is 0.358 e. The van der Waals surface area contributed by atoms with Gasteiger partial charge in [0.25, 0.3) is 0 Å². The first kappa shape index (κ1) is 15.9. The number of rotatable bonds is 9. The topological polar surface area (TPSA) is 60.5 Å². The van der Waals surface area contributed by atoms with Crippen LogP contribution >= 0.6 is 11.3 Å². The van der Waals surface area contributed by atoms with Crippen LogP contribution in [0, 0.1) is 6.92 Å². The number of hydrogen-bond donors (Lipinski definition) is 1. The summed E-state index contributed by atoms with van der Waals surface area (Å²) in [4.78, 5) is 16.7. The SMILES string of the molecule is CCCOCCCNc1nc(C(=O)OCC)c(C)s1. The van der Waals surface area contributed by atoms with Crippen molar-refractivity contribution in [1.82, 2.24) is 4.98 Å². The van der Waals surface area contributed by atoms with Gasteiger partial charge in [-0.05, 0) is 26.7 Å². The second-order valence-electron chi connectivity index (χ2n) is 4.04. The molecule has 1 rings (SSSR count). The molecule has 0 aliphatic rings. The van der Waals surface area contributed by atoms with Crippen LogP contribution in [0.15, 0.2) is 0 Å². The number of esters is 1. The normalized spacial score (nSPS) is 10.5.